The van der Waals surface area contributed by atoms with E-state index in [1.165, 1.54) is 13.3 Å². The summed E-state index contributed by atoms with van der Waals surface area (Å²) in [5.41, 5.74) is 0. The van der Waals surface area contributed by atoms with Crippen LogP contribution in [-0.2, 0) is 9.53 Å². The fraction of sp³-hybridized carbons (Fsp3) is 0.545. The number of unbranched alkanes of at least 4 members (excludes halogenated alkanes) is 2. The van der Waals surface area contributed by atoms with Crippen LogP contribution in [0.5, 0.6) is 0 Å². The lowest BCUT2D eigenvalue weighted by atomic mass is 10.3. The normalized spacial score (nSPS) is 6.92. The zero-order valence-corrected chi connectivity index (χ0v) is 8.97. The minimum Gasteiger partial charge on any atom is -0.466 e. The molecule has 0 aromatic rings. The Labute approximate surface area is 82.3 Å². The van der Waals surface area contributed by atoms with Crippen molar-refractivity contribution in [1.29, 1.82) is 0 Å². The predicted molar refractivity (Wildman–Crippen MR) is 58.7 cm³/mol. The van der Waals surface area contributed by atoms with Crippen molar-refractivity contribution in [2.24, 2.45) is 0 Å². The average molecular weight is 186 g/mol. The van der Waals surface area contributed by atoms with Crippen molar-refractivity contribution in [3.05, 3.63) is 26.3 Å². The van der Waals surface area contributed by atoms with Crippen molar-refractivity contribution in [3.8, 4) is 0 Å². The van der Waals surface area contributed by atoms with Crippen molar-refractivity contribution in [1.82, 2.24) is 0 Å². The first-order valence-corrected chi connectivity index (χ1v) is 4.40. The molecule has 0 saturated carbocycles. The third-order valence-corrected chi connectivity index (χ3v) is 1.05. The molecule has 0 aromatic carbocycles. The summed E-state index contributed by atoms with van der Waals surface area (Å²) in [5.74, 6) is -0.175. The molecular weight excluding hydrogens is 164 g/mol. The first kappa shape index (κ1) is 17.9. The van der Waals surface area contributed by atoms with Crippen LogP contribution in [-0.4, -0.2) is 12.6 Å². The first-order chi connectivity index (χ1) is 6.27. The summed E-state index contributed by atoms with van der Waals surface area (Å²) in [7, 11) is 0. The number of rotatable bonds is 4. The summed E-state index contributed by atoms with van der Waals surface area (Å²) < 4.78 is 4.70. The van der Waals surface area contributed by atoms with E-state index >= 15 is 0 Å². The smallest absolute Gasteiger partial charge is 0.302 e. The van der Waals surface area contributed by atoms with E-state index in [1.807, 2.05) is 0 Å². The third kappa shape index (κ3) is 35.8. The van der Waals surface area contributed by atoms with Gasteiger partial charge in [0.15, 0.2) is 0 Å². The maximum Gasteiger partial charge on any atom is 0.302 e. The first-order valence-electron chi connectivity index (χ1n) is 4.40. The molecule has 0 radical (unpaired) electrons. The van der Waals surface area contributed by atoms with Crippen molar-refractivity contribution < 1.29 is 9.53 Å². The number of esters is 1. The van der Waals surface area contributed by atoms with E-state index in [-0.39, 0.29) is 5.97 Å². The van der Waals surface area contributed by atoms with E-state index in [0.29, 0.717) is 6.61 Å². The van der Waals surface area contributed by atoms with Crippen LogP contribution in [0.15, 0.2) is 26.3 Å². The lowest BCUT2D eigenvalue weighted by molar-refractivity contribution is -0.141. The monoisotopic (exact) mass is 186 g/mol. The molecule has 0 fully saturated rings. The number of hydrogen-bond acceptors (Lipinski definition) is 2. The van der Waals surface area contributed by atoms with Gasteiger partial charge in [-0.3, -0.25) is 4.79 Å². The molecule has 0 rings (SSSR count). The highest BCUT2D eigenvalue weighted by atomic mass is 16.5. The summed E-state index contributed by atoms with van der Waals surface area (Å²) in [6, 6.07) is 0. The van der Waals surface area contributed by atoms with Gasteiger partial charge in [0, 0.05) is 6.92 Å². The molecule has 78 valence electrons. The summed E-state index contributed by atoms with van der Waals surface area (Å²) in [6.07, 6.45) is 3.31. The van der Waals surface area contributed by atoms with Gasteiger partial charge < -0.3 is 4.74 Å². The van der Waals surface area contributed by atoms with Gasteiger partial charge in [0.25, 0.3) is 0 Å². The van der Waals surface area contributed by atoms with Crippen LogP contribution in [0.3, 0.4) is 0 Å². The van der Waals surface area contributed by atoms with Gasteiger partial charge in [0.05, 0.1) is 6.61 Å². The van der Waals surface area contributed by atoms with Crippen molar-refractivity contribution >= 4 is 5.97 Å². The highest BCUT2D eigenvalue weighted by Crippen LogP contribution is 1.93. The summed E-state index contributed by atoms with van der Waals surface area (Å²) in [5, 5.41) is 0. The fourth-order valence-corrected chi connectivity index (χ4v) is 0.568. The topological polar surface area (TPSA) is 26.3 Å². The molecule has 0 heterocycles. The molecule has 0 amide bonds. The van der Waals surface area contributed by atoms with Gasteiger partial charge >= 0.3 is 5.97 Å². The maximum absolute atomic E-state index is 10.2. The molecule has 13 heavy (non-hydrogen) atoms. The SMILES string of the molecule is C=C.C=C.CCCCCOC(C)=O. The van der Waals surface area contributed by atoms with E-state index in [4.69, 9.17) is 4.74 Å². The van der Waals surface area contributed by atoms with E-state index in [2.05, 4.69) is 33.2 Å². The summed E-state index contributed by atoms with van der Waals surface area (Å²) in [4.78, 5) is 10.2. The summed E-state index contributed by atoms with van der Waals surface area (Å²) >= 11 is 0. The van der Waals surface area contributed by atoms with Crippen LogP contribution < -0.4 is 0 Å². The van der Waals surface area contributed by atoms with Crippen LogP contribution in [0.25, 0.3) is 0 Å². The van der Waals surface area contributed by atoms with Gasteiger partial charge in [-0.25, -0.2) is 0 Å². The third-order valence-electron chi connectivity index (χ3n) is 1.05. The average Bonchev–Trinajstić information content (AvgIpc) is 2.19. The van der Waals surface area contributed by atoms with Crippen LogP contribution in [0.1, 0.15) is 33.1 Å². The van der Waals surface area contributed by atoms with Gasteiger partial charge in [-0.1, -0.05) is 19.8 Å². The Kier molecular flexibility index (Phi) is 30.9. The zero-order valence-electron chi connectivity index (χ0n) is 8.97. The van der Waals surface area contributed by atoms with Crippen LogP contribution in [0, 0.1) is 0 Å². The Hall–Kier alpha value is -1.05. The largest absolute Gasteiger partial charge is 0.466 e. The molecule has 0 N–H and O–H groups in total. The second-order valence-corrected chi connectivity index (χ2v) is 2.05. The van der Waals surface area contributed by atoms with Crippen LogP contribution in [0.4, 0.5) is 0 Å². The number of hydrogen-bond donors (Lipinski definition) is 0. The van der Waals surface area contributed by atoms with E-state index < -0.39 is 0 Å². The molecule has 0 spiro atoms. The Morgan fingerprint density at radius 2 is 1.62 bits per heavy atom. The van der Waals surface area contributed by atoms with E-state index in [0.717, 1.165) is 12.8 Å². The predicted octanol–water partition coefficient (Wildman–Crippen LogP) is 3.34. The van der Waals surface area contributed by atoms with Gasteiger partial charge in [-0.05, 0) is 6.42 Å². The molecule has 0 aromatic heterocycles. The number of ether oxygens (including phenoxy) is 1. The quantitative estimate of drug-likeness (QED) is 0.382. The molecule has 0 saturated heterocycles. The standard InChI is InChI=1S/C7H14O2.2C2H4/c1-3-4-5-6-9-7(2)8;2*1-2/h3-6H2,1-2H3;2*1-2H2. The highest BCUT2D eigenvalue weighted by molar-refractivity contribution is 5.65. The van der Waals surface area contributed by atoms with E-state index in [1.54, 1.807) is 0 Å². The molecule has 0 aliphatic rings. The van der Waals surface area contributed by atoms with Crippen LogP contribution >= 0.6 is 0 Å². The van der Waals surface area contributed by atoms with Gasteiger partial charge in [-0.15, -0.1) is 26.3 Å². The second kappa shape index (κ2) is 22.4. The Morgan fingerprint density at radius 1 is 1.15 bits per heavy atom. The Morgan fingerprint density at radius 3 is 1.92 bits per heavy atom. The maximum atomic E-state index is 10.2. The minimum atomic E-state index is -0.175. The second-order valence-electron chi connectivity index (χ2n) is 2.05. The number of carbonyl (C=O) groups excluding carboxylic acids is 1. The van der Waals surface area contributed by atoms with E-state index in [9.17, 15) is 4.79 Å². The van der Waals surface area contributed by atoms with Gasteiger partial charge in [0.1, 0.15) is 0 Å². The molecular formula is C11H22O2. The Balaban J connectivity index is -0.000000218. The Bertz CT molecular complexity index is 98.3. The molecule has 0 aliphatic heterocycles. The molecule has 0 aliphatic carbocycles. The molecule has 2 nitrogen and oxygen atoms in total. The molecule has 0 bridgehead atoms. The molecule has 0 unspecified atom stereocenters. The van der Waals surface area contributed by atoms with Crippen molar-refractivity contribution in [3.63, 3.8) is 0 Å². The van der Waals surface area contributed by atoms with Gasteiger partial charge in [0.2, 0.25) is 0 Å². The summed E-state index contributed by atoms with van der Waals surface area (Å²) in [6.45, 7) is 16.1. The van der Waals surface area contributed by atoms with Crippen molar-refractivity contribution in [2.45, 2.75) is 33.1 Å². The lowest BCUT2D eigenvalue weighted by Gasteiger charge is -1.98. The fourth-order valence-electron chi connectivity index (χ4n) is 0.568. The van der Waals surface area contributed by atoms with Crippen LogP contribution in [0.2, 0.25) is 0 Å². The van der Waals surface area contributed by atoms with Crippen molar-refractivity contribution in [2.75, 3.05) is 6.61 Å². The lowest BCUT2D eigenvalue weighted by Crippen LogP contribution is -1.99. The minimum absolute atomic E-state index is 0.175. The molecule has 0 atom stereocenters. The molecule has 2 heteroatoms. The number of carbonyl (C=O) groups is 1. The van der Waals surface area contributed by atoms with Gasteiger partial charge in [-0.2, -0.15) is 0 Å². The highest BCUT2D eigenvalue weighted by Gasteiger charge is 1.89. The zero-order chi connectivity index (χ0) is 11.1.